The molecule has 0 saturated carbocycles. The average molecular weight is 570 g/mol. The zero-order chi connectivity index (χ0) is 30.3. The number of hydrogen-bond donors (Lipinski definition) is 0. The van der Waals surface area contributed by atoms with E-state index in [0.717, 1.165) is 29.8 Å². The number of aliphatic imine (C=N–C) groups is 1. The maximum absolute atomic E-state index is 5.22. The molecule has 6 rings (SSSR count). The first kappa shape index (κ1) is 29.1. The van der Waals surface area contributed by atoms with Crippen molar-refractivity contribution in [2.24, 2.45) is 4.99 Å². The maximum Gasteiger partial charge on any atom is 0.0631 e. The van der Waals surface area contributed by atoms with Crippen LogP contribution in [0.25, 0.3) is 27.8 Å². The van der Waals surface area contributed by atoms with E-state index in [1.165, 1.54) is 50.1 Å². The Labute approximate surface area is 262 Å². The van der Waals surface area contributed by atoms with Crippen LogP contribution in [0, 0.1) is 6.92 Å². The molecule has 1 aliphatic rings. The molecule has 1 aliphatic carbocycles. The molecule has 1 nitrogen and oxygen atoms in total. The maximum atomic E-state index is 5.22. The van der Waals surface area contributed by atoms with E-state index < -0.39 is 0 Å². The predicted molar refractivity (Wildman–Crippen MR) is 189 cm³/mol. The highest BCUT2D eigenvalue weighted by molar-refractivity contribution is 5.99. The Morgan fingerprint density at radius 2 is 1.25 bits per heavy atom. The van der Waals surface area contributed by atoms with Gasteiger partial charge in [0.2, 0.25) is 0 Å². The third-order valence-corrected chi connectivity index (χ3v) is 8.65. The number of rotatable bonds is 8. The predicted octanol–water partition coefficient (Wildman–Crippen LogP) is 11.6. The summed E-state index contributed by atoms with van der Waals surface area (Å²) >= 11 is 0. The van der Waals surface area contributed by atoms with Crippen molar-refractivity contribution in [1.29, 1.82) is 0 Å². The Balaban J connectivity index is 1.33. The quantitative estimate of drug-likeness (QED) is 0.165. The third kappa shape index (κ3) is 6.63. The molecule has 0 aliphatic heterocycles. The van der Waals surface area contributed by atoms with E-state index in [1.54, 1.807) is 0 Å². The largest absolute Gasteiger partial charge is 0.253 e. The standard InChI is InChI=1S/C43H39N/c1-31(34-15-7-4-8-16-34)29-43(44-33(3)35-17-9-5-10-18-35)38-27-25-37(26-28-38)41-23-14-24-42(32(41)2)40-22-13-21-39(30-40)36-19-11-6-12-20-36/h4-25,27,29-31H,26,28H2,1-3H3/b43-29-,44-33+. The van der Waals surface area contributed by atoms with E-state index >= 15 is 0 Å². The molecule has 5 aromatic carbocycles. The fourth-order valence-corrected chi connectivity index (χ4v) is 6.10. The second kappa shape index (κ2) is 13.5. The molecule has 0 spiro atoms. The SMILES string of the molecule is C/C(=N\C(=C/C(C)c1ccccc1)C1=CC=C(c2cccc(-c3cccc(-c4ccccc4)c3)c2C)CC1)c1ccccc1. The Bertz CT molecular complexity index is 1850. The highest BCUT2D eigenvalue weighted by Gasteiger charge is 2.17. The van der Waals surface area contributed by atoms with Crippen LogP contribution in [0.2, 0.25) is 0 Å². The fourth-order valence-electron chi connectivity index (χ4n) is 6.10. The molecule has 0 amide bonds. The van der Waals surface area contributed by atoms with E-state index in [-0.39, 0.29) is 5.92 Å². The van der Waals surface area contributed by atoms with Gasteiger partial charge in [0.05, 0.1) is 5.70 Å². The third-order valence-electron chi connectivity index (χ3n) is 8.65. The Kier molecular flexibility index (Phi) is 8.94. The van der Waals surface area contributed by atoms with Crippen LogP contribution in [0.15, 0.2) is 168 Å². The number of hydrogen-bond acceptors (Lipinski definition) is 1. The van der Waals surface area contributed by atoms with Crippen molar-refractivity contribution in [2.75, 3.05) is 0 Å². The van der Waals surface area contributed by atoms with E-state index in [2.05, 4.69) is 172 Å². The van der Waals surface area contributed by atoms with Gasteiger partial charge in [0.25, 0.3) is 0 Å². The number of allylic oxidation sites excluding steroid dienone is 5. The minimum Gasteiger partial charge on any atom is -0.253 e. The van der Waals surface area contributed by atoms with Crippen LogP contribution in [0.4, 0.5) is 0 Å². The summed E-state index contributed by atoms with van der Waals surface area (Å²) in [5.74, 6) is 0.260. The van der Waals surface area contributed by atoms with Crippen LogP contribution in [0.3, 0.4) is 0 Å². The highest BCUT2D eigenvalue weighted by atomic mass is 14.8. The molecule has 0 N–H and O–H groups in total. The second-order valence-electron chi connectivity index (χ2n) is 11.6. The Morgan fingerprint density at radius 1 is 0.636 bits per heavy atom. The van der Waals surface area contributed by atoms with Crippen molar-refractivity contribution in [2.45, 2.75) is 39.5 Å². The lowest BCUT2D eigenvalue weighted by Crippen LogP contribution is -2.02. The van der Waals surface area contributed by atoms with Gasteiger partial charge >= 0.3 is 0 Å². The van der Waals surface area contributed by atoms with Gasteiger partial charge in [-0.25, -0.2) is 0 Å². The van der Waals surface area contributed by atoms with Crippen LogP contribution in [-0.2, 0) is 0 Å². The molecule has 5 aromatic rings. The summed E-state index contributed by atoms with van der Waals surface area (Å²) in [7, 11) is 0. The van der Waals surface area contributed by atoms with Gasteiger partial charge in [0.1, 0.15) is 0 Å². The summed E-state index contributed by atoms with van der Waals surface area (Å²) in [5.41, 5.74) is 14.9. The van der Waals surface area contributed by atoms with Crippen LogP contribution < -0.4 is 0 Å². The summed E-state index contributed by atoms with van der Waals surface area (Å²) in [5, 5.41) is 0. The minimum atomic E-state index is 0.260. The molecular weight excluding hydrogens is 530 g/mol. The first-order chi connectivity index (χ1) is 21.6. The van der Waals surface area contributed by atoms with Gasteiger partial charge in [0, 0.05) is 11.6 Å². The van der Waals surface area contributed by atoms with Gasteiger partial charge in [-0.2, -0.15) is 0 Å². The van der Waals surface area contributed by atoms with Gasteiger partial charge in [-0.05, 0) is 88.4 Å². The first-order valence-corrected chi connectivity index (χ1v) is 15.6. The lowest BCUT2D eigenvalue weighted by molar-refractivity contribution is 0.923. The van der Waals surface area contributed by atoms with Gasteiger partial charge in [-0.3, -0.25) is 4.99 Å². The van der Waals surface area contributed by atoms with E-state index in [1.807, 2.05) is 0 Å². The topological polar surface area (TPSA) is 12.4 Å². The summed E-state index contributed by atoms with van der Waals surface area (Å²) in [6.45, 7) is 6.64. The summed E-state index contributed by atoms with van der Waals surface area (Å²) in [4.78, 5) is 5.22. The molecule has 1 heteroatoms. The van der Waals surface area contributed by atoms with Crippen LogP contribution in [0.1, 0.15) is 54.9 Å². The second-order valence-corrected chi connectivity index (χ2v) is 11.6. The Hall–Kier alpha value is -5.01. The van der Waals surface area contributed by atoms with Gasteiger partial charge in [-0.1, -0.05) is 153 Å². The van der Waals surface area contributed by atoms with Crippen molar-refractivity contribution in [1.82, 2.24) is 0 Å². The molecule has 0 bridgehead atoms. The van der Waals surface area contributed by atoms with E-state index in [9.17, 15) is 0 Å². The van der Waals surface area contributed by atoms with Gasteiger partial charge in [-0.15, -0.1) is 0 Å². The summed E-state index contributed by atoms with van der Waals surface area (Å²) in [6.07, 6.45) is 8.89. The van der Waals surface area contributed by atoms with Crippen molar-refractivity contribution in [3.63, 3.8) is 0 Å². The fraction of sp³-hybridized carbons (Fsp3) is 0.140. The molecule has 216 valence electrons. The molecule has 44 heavy (non-hydrogen) atoms. The van der Waals surface area contributed by atoms with Gasteiger partial charge < -0.3 is 0 Å². The number of nitrogens with zero attached hydrogens (tertiary/aromatic N) is 1. The monoisotopic (exact) mass is 569 g/mol. The van der Waals surface area contributed by atoms with E-state index in [4.69, 9.17) is 4.99 Å². The molecule has 0 aromatic heterocycles. The molecule has 1 atom stereocenters. The molecule has 1 unspecified atom stereocenters. The van der Waals surface area contributed by atoms with Crippen molar-refractivity contribution >= 4 is 11.3 Å². The highest BCUT2D eigenvalue weighted by Crippen LogP contribution is 2.37. The van der Waals surface area contributed by atoms with Gasteiger partial charge in [0.15, 0.2) is 0 Å². The minimum absolute atomic E-state index is 0.260. The molecule has 0 radical (unpaired) electrons. The zero-order valence-corrected chi connectivity index (χ0v) is 25.9. The van der Waals surface area contributed by atoms with Crippen molar-refractivity contribution < 1.29 is 0 Å². The molecular formula is C43H39N. The van der Waals surface area contributed by atoms with Crippen LogP contribution >= 0.6 is 0 Å². The normalized spacial score (nSPS) is 14.5. The first-order valence-electron chi connectivity index (χ1n) is 15.6. The molecule has 0 heterocycles. The van der Waals surface area contributed by atoms with E-state index in [0.29, 0.717) is 0 Å². The average Bonchev–Trinajstić information content (AvgIpc) is 3.09. The number of benzene rings is 5. The molecule has 0 saturated heterocycles. The lowest BCUT2D eigenvalue weighted by Gasteiger charge is -2.20. The zero-order valence-electron chi connectivity index (χ0n) is 25.9. The van der Waals surface area contributed by atoms with Crippen molar-refractivity contribution in [3.05, 3.63) is 185 Å². The van der Waals surface area contributed by atoms with Crippen molar-refractivity contribution in [3.8, 4) is 22.3 Å². The summed E-state index contributed by atoms with van der Waals surface area (Å²) in [6, 6.07) is 47.4. The molecule has 0 fully saturated rings. The Morgan fingerprint density at radius 3 is 1.95 bits per heavy atom. The lowest BCUT2D eigenvalue weighted by atomic mass is 9.86. The van der Waals surface area contributed by atoms with Crippen LogP contribution in [0.5, 0.6) is 0 Å². The van der Waals surface area contributed by atoms with Crippen LogP contribution in [-0.4, -0.2) is 5.71 Å². The summed E-state index contributed by atoms with van der Waals surface area (Å²) < 4.78 is 0. The smallest absolute Gasteiger partial charge is 0.0631 e.